The van der Waals surface area contributed by atoms with Crippen molar-refractivity contribution in [3.63, 3.8) is 0 Å². The first-order valence-electron chi connectivity index (χ1n) is 15.2. The standard InChI is InChI=1S/C28H62N4O2S.ClH/c1-2-3-4-5-6-7-8-9-10-11-12-13-14-15-16-19-28-35(33,34)32-27-21-26-31-24-18-17-23-30-25-20-22-29;/h30-32H,2-29H2,1H3;1H. The van der Waals surface area contributed by atoms with Crippen LogP contribution in [-0.2, 0) is 10.0 Å². The monoisotopic (exact) mass is 554 g/mol. The number of unbranched alkanes of at least 4 members (excludes halogenated alkanes) is 16. The fraction of sp³-hybridized carbons (Fsp3) is 1.00. The first-order chi connectivity index (χ1) is 17.1. The minimum atomic E-state index is -3.11. The number of nitrogens with two attached hydrogens (primary N) is 1. The summed E-state index contributed by atoms with van der Waals surface area (Å²) in [5, 5.41) is 6.77. The van der Waals surface area contributed by atoms with E-state index in [9.17, 15) is 8.42 Å². The summed E-state index contributed by atoms with van der Waals surface area (Å²) < 4.78 is 27.0. The number of nitrogens with one attached hydrogen (secondary N) is 3. The maximum absolute atomic E-state index is 12.1. The van der Waals surface area contributed by atoms with Crippen LogP contribution in [0.2, 0.25) is 0 Å². The van der Waals surface area contributed by atoms with Crippen molar-refractivity contribution in [2.45, 2.75) is 135 Å². The lowest BCUT2D eigenvalue weighted by Gasteiger charge is -2.08. The Labute approximate surface area is 231 Å². The van der Waals surface area contributed by atoms with E-state index in [0.717, 1.165) is 71.2 Å². The molecule has 36 heavy (non-hydrogen) atoms. The van der Waals surface area contributed by atoms with Gasteiger partial charge < -0.3 is 16.4 Å². The van der Waals surface area contributed by atoms with Crippen molar-refractivity contribution >= 4 is 22.4 Å². The van der Waals surface area contributed by atoms with Crippen LogP contribution in [-0.4, -0.2) is 53.4 Å². The van der Waals surface area contributed by atoms with Gasteiger partial charge in [-0.05, 0) is 64.8 Å². The van der Waals surface area contributed by atoms with E-state index >= 15 is 0 Å². The molecule has 0 saturated carbocycles. The molecule has 0 aliphatic heterocycles. The molecule has 0 aromatic rings. The summed E-state index contributed by atoms with van der Waals surface area (Å²) in [5.74, 6) is 0.274. The van der Waals surface area contributed by atoms with E-state index in [4.69, 9.17) is 5.73 Å². The summed E-state index contributed by atoms with van der Waals surface area (Å²) in [6.07, 6.45) is 25.1. The van der Waals surface area contributed by atoms with Crippen LogP contribution in [0.25, 0.3) is 0 Å². The smallest absolute Gasteiger partial charge is 0.211 e. The molecule has 0 fully saturated rings. The summed E-state index contributed by atoms with van der Waals surface area (Å²) >= 11 is 0. The molecular formula is C28H63ClN4O2S. The summed E-state index contributed by atoms with van der Waals surface area (Å²) in [5.41, 5.74) is 5.46. The van der Waals surface area contributed by atoms with E-state index in [1.54, 1.807) is 0 Å². The van der Waals surface area contributed by atoms with E-state index in [1.165, 1.54) is 89.9 Å². The highest BCUT2D eigenvalue weighted by atomic mass is 35.5. The van der Waals surface area contributed by atoms with Gasteiger partial charge in [0.25, 0.3) is 0 Å². The maximum atomic E-state index is 12.1. The van der Waals surface area contributed by atoms with E-state index in [-0.39, 0.29) is 18.2 Å². The van der Waals surface area contributed by atoms with Crippen molar-refractivity contribution in [3.05, 3.63) is 0 Å². The minimum absolute atomic E-state index is 0. The quantitative estimate of drug-likeness (QED) is 0.0782. The largest absolute Gasteiger partial charge is 0.330 e. The SMILES string of the molecule is CCCCCCCCCCCCCCCCCCS(=O)(=O)NCCCNCCCCNCCCN.Cl. The fourth-order valence-electron chi connectivity index (χ4n) is 4.33. The van der Waals surface area contributed by atoms with Crippen LogP contribution in [0.4, 0.5) is 0 Å². The van der Waals surface area contributed by atoms with Gasteiger partial charge in [-0.3, -0.25) is 0 Å². The zero-order chi connectivity index (χ0) is 25.7. The molecule has 0 atom stereocenters. The number of halogens is 1. The van der Waals surface area contributed by atoms with Gasteiger partial charge >= 0.3 is 0 Å². The molecule has 5 N–H and O–H groups in total. The van der Waals surface area contributed by atoms with Gasteiger partial charge in [0.2, 0.25) is 10.0 Å². The van der Waals surface area contributed by atoms with Crippen LogP contribution in [0.3, 0.4) is 0 Å². The second-order valence-electron chi connectivity index (χ2n) is 10.2. The molecule has 0 saturated heterocycles. The average molecular weight is 555 g/mol. The number of rotatable bonds is 30. The second kappa shape index (κ2) is 31.3. The third-order valence-corrected chi connectivity index (χ3v) is 8.10. The molecule has 0 unspecified atom stereocenters. The fourth-order valence-corrected chi connectivity index (χ4v) is 5.51. The Hall–Kier alpha value is 0.0800. The molecule has 0 aromatic heterocycles. The summed E-state index contributed by atoms with van der Waals surface area (Å²) in [4.78, 5) is 0. The van der Waals surface area contributed by atoms with Crippen molar-refractivity contribution in [3.8, 4) is 0 Å². The Kier molecular flexibility index (Phi) is 33.2. The van der Waals surface area contributed by atoms with Gasteiger partial charge in [0.1, 0.15) is 0 Å². The third-order valence-electron chi connectivity index (χ3n) is 6.63. The van der Waals surface area contributed by atoms with E-state index in [2.05, 4.69) is 22.3 Å². The Bertz CT molecular complexity index is 510. The molecule has 0 bridgehead atoms. The maximum Gasteiger partial charge on any atom is 0.211 e. The molecule has 0 spiro atoms. The minimum Gasteiger partial charge on any atom is -0.330 e. The van der Waals surface area contributed by atoms with E-state index in [0.29, 0.717) is 6.54 Å². The molecule has 0 aliphatic rings. The molecule has 0 aliphatic carbocycles. The molecule has 0 amide bonds. The second-order valence-corrected chi connectivity index (χ2v) is 12.1. The van der Waals surface area contributed by atoms with Gasteiger partial charge in [0.15, 0.2) is 0 Å². The van der Waals surface area contributed by atoms with Gasteiger partial charge in [-0.2, -0.15) is 0 Å². The van der Waals surface area contributed by atoms with Gasteiger partial charge in [0, 0.05) is 6.54 Å². The number of sulfonamides is 1. The van der Waals surface area contributed by atoms with Crippen molar-refractivity contribution in [2.24, 2.45) is 5.73 Å². The van der Waals surface area contributed by atoms with Gasteiger partial charge in [-0.1, -0.05) is 103 Å². The van der Waals surface area contributed by atoms with Crippen LogP contribution in [0.15, 0.2) is 0 Å². The molecular weight excluding hydrogens is 492 g/mol. The predicted octanol–water partition coefficient (Wildman–Crippen LogP) is 6.29. The van der Waals surface area contributed by atoms with Crippen molar-refractivity contribution in [1.29, 1.82) is 0 Å². The molecule has 0 rings (SSSR count). The summed E-state index contributed by atoms with van der Waals surface area (Å²) in [7, 11) is -3.11. The lowest BCUT2D eigenvalue weighted by molar-refractivity contribution is 0.530. The zero-order valence-corrected chi connectivity index (χ0v) is 25.4. The van der Waals surface area contributed by atoms with Crippen molar-refractivity contribution in [2.75, 3.05) is 45.0 Å². The number of hydrogen-bond donors (Lipinski definition) is 4. The molecule has 6 nitrogen and oxygen atoms in total. The summed E-state index contributed by atoms with van der Waals surface area (Å²) in [6.45, 7) is 7.46. The third kappa shape index (κ3) is 32.1. The van der Waals surface area contributed by atoms with Crippen LogP contribution >= 0.6 is 12.4 Å². The summed E-state index contributed by atoms with van der Waals surface area (Å²) in [6, 6.07) is 0. The highest BCUT2D eigenvalue weighted by Gasteiger charge is 2.08. The van der Waals surface area contributed by atoms with Gasteiger partial charge in [0.05, 0.1) is 5.75 Å². The lowest BCUT2D eigenvalue weighted by Crippen LogP contribution is -2.29. The van der Waals surface area contributed by atoms with Crippen molar-refractivity contribution < 1.29 is 8.42 Å². The van der Waals surface area contributed by atoms with Crippen molar-refractivity contribution in [1.82, 2.24) is 15.4 Å². The Morgan fingerprint density at radius 2 is 0.889 bits per heavy atom. The molecule has 220 valence electrons. The Morgan fingerprint density at radius 3 is 1.33 bits per heavy atom. The highest BCUT2D eigenvalue weighted by molar-refractivity contribution is 7.89. The Morgan fingerprint density at radius 1 is 0.500 bits per heavy atom. The van der Waals surface area contributed by atoms with Crippen LogP contribution in [0, 0.1) is 0 Å². The molecule has 0 aromatic carbocycles. The Balaban J connectivity index is 0. The van der Waals surface area contributed by atoms with Crippen LogP contribution in [0.5, 0.6) is 0 Å². The first-order valence-corrected chi connectivity index (χ1v) is 16.9. The molecule has 8 heteroatoms. The van der Waals surface area contributed by atoms with Gasteiger partial charge in [-0.25, -0.2) is 13.1 Å². The van der Waals surface area contributed by atoms with Crippen LogP contribution in [0.1, 0.15) is 135 Å². The topological polar surface area (TPSA) is 96.2 Å². The van der Waals surface area contributed by atoms with E-state index < -0.39 is 10.0 Å². The van der Waals surface area contributed by atoms with E-state index in [1.807, 2.05) is 0 Å². The first kappa shape index (κ1) is 38.2. The molecule has 0 radical (unpaired) electrons. The predicted molar refractivity (Wildman–Crippen MR) is 162 cm³/mol. The highest BCUT2D eigenvalue weighted by Crippen LogP contribution is 2.13. The average Bonchev–Trinajstić information content (AvgIpc) is 2.84. The van der Waals surface area contributed by atoms with Crippen LogP contribution < -0.4 is 21.1 Å². The lowest BCUT2D eigenvalue weighted by atomic mass is 10.0. The molecule has 0 heterocycles. The van der Waals surface area contributed by atoms with Gasteiger partial charge in [-0.15, -0.1) is 12.4 Å². The normalized spacial score (nSPS) is 11.6. The number of hydrogen-bond acceptors (Lipinski definition) is 5. The zero-order valence-electron chi connectivity index (χ0n) is 23.8.